The zero-order valence-corrected chi connectivity index (χ0v) is 28.8. The first-order valence-corrected chi connectivity index (χ1v) is 19.1. The maximum Gasteiger partial charge on any atom is 0.374 e. The van der Waals surface area contributed by atoms with Crippen LogP contribution < -0.4 is 14.4 Å². The molecule has 0 amide bonds. The van der Waals surface area contributed by atoms with E-state index in [4.69, 9.17) is 16.0 Å². The minimum absolute atomic E-state index is 0.123. The molecule has 0 aliphatic carbocycles. The van der Waals surface area contributed by atoms with E-state index < -0.39 is 31.7 Å². The van der Waals surface area contributed by atoms with Crippen LogP contribution in [0, 0.1) is 11.3 Å². The minimum Gasteiger partial charge on any atom is -0.398 e. The van der Waals surface area contributed by atoms with Crippen LogP contribution in [0.15, 0.2) is 89.3 Å². The van der Waals surface area contributed by atoms with E-state index in [0.717, 1.165) is 27.8 Å². The lowest BCUT2D eigenvalue weighted by Gasteiger charge is -2.24. The number of allylic oxidation sites excluding steroid dienone is 2. The molecule has 0 atom stereocenters. The Balaban J connectivity index is 1.40. The maximum absolute atomic E-state index is 11.6. The van der Waals surface area contributed by atoms with Crippen molar-refractivity contribution >= 4 is 71.3 Å². The van der Waals surface area contributed by atoms with Gasteiger partial charge in [-0.25, -0.2) is 0 Å². The molecule has 0 bridgehead atoms. The summed E-state index contributed by atoms with van der Waals surface area (Å²) in [6, 6.07) is 21.2. The van der Waals surface area contributed by atoms with Gasteiger partial charge in [0.25, 0.3) is 25.8 Å². The van der Waals surface area contributed by atoms with Crippen LogP contribution in [-0.4, -0.2) is 55.1 Å². The summed E-state index contributed by atoms with van der Waals surface area (Å²) in [5, 5.41) is 11.0. The highest BCUT2D eigenvalue weighted by Crippen LogP contribution is 2.44. The van der Waals surface area contributed by atoms with Crippen molar-refractivity contribution in [1.29, 1.82) is 5.26 Å². The first kappa shape index (κ1) is 34.2. The summed E-state index contributed by atoms with van der Waals surface area (Å²) >= 11 is 6.39. The molecule has 0 saturated heterocycles. The van der Waals surface area contributed by atoms with E-state index >= 15 is 0 Å². The third kappa shape index (κ3) is 7.36. The predicted molar refractivity (Wildman–Crippen MR) is 189 cm³/mol. The van der Waals surface area contributed by atoms with E-state index in [2.05, 4.69) is 10.6 Å². The number of aromatic nitrogens is 2. The zero-order valence-electron chi connectivity index (χ0n) is 26.4. The summed E-state index contributed by atoms with van der Waals surface area (Å²) in [5.41, 5.74) is 4.90. The molecule has 0 saturated carbocycles. The van der Waals surface area contributed by atoms with Crippen LogP contribution in [0.1, 0.15) is 31.2 Å². The van der Waals surface area contributed by atoms with Gasteiger partial charge in [0.1, 0.15) is 11.9 Å². The molecule has 0 fully saturated rings. The number of halogens is 1. The van der Waals surface area contributed by atoms with Gasteiger partial charge in [-0.05, 0) is 67.3 Å². The van der Waals surface area contributed by atoms with E-state index in [9.17, 15) is 31.2 Å². The molecule has 0 radical (unpaired) electrons. The van der Waals surface area contributed by atoms with Crippen molar-refractivity contribution < 1.29 is 34.9 Å². The quantitative estimate of drug-likeness (QED) is 0.116. The van der Waals surface area contributed by atoms with Crippen LogP contribution in [-0.2, 0) is 26.8 Å². The van der Waals surface area contributed by atoms with Crippen LogP contribution in [0.25, 0.3) is 33.8 Å². The minimum atomic E-state index is -4.18. The van der Waals surface area contributed by atoms with Crippen LogP contribution >= 0.6 is 11.6 Å². The van der Waals surface area contributed by atoms with Crippen molar-refractivity contribution in [2.45, 2.75) is 26.3 Å². The van der Waals surface area contributed by atoms with Gasteiger partial charge in [0.15, 0.2) is 6.54 Å². The molecule has 1 aliphatic rings. The summed E-state index contributed by atoms with van der Waals surface area (Å²) in [7, 11) is -8.36. The number of fused-ring (bicyclic) bond motifs is 3. The Morgan fingerprint density at radius 2 is 1.69 bits per heavy atom. The molecule has 2 aromatic heterocycles. The van der Waals surface area contributed by atoms with Gasteiger partial charge in [0.2, 0.25) is 5.58 Å². The first-order valence-electron chi connectivity index (χ1n) is 15.5. The van der Waals surface area contributed by atoms with E-state index in [1.807, 2.05) is 82.1 Å². The number of nitriles is 1. The molecule has 2 N–H and O–H groups in total. The Bertz CT molecular complexity index is 2390. The van der Waals surface area contributed by atoms with Crippen molar-refractivity contribution in [1.82, 2.24) is 4.57 Å². The van der Waals surface area contributed by atoms with E-state index in [-0.39, 0.29) is 36.5 Å². The number of aryl methyl sites for hydroxylation is 1. The van der Waals surface area contributed by atoms with Crippen molar-refractivity contribution in [3.8, 4) is 11.8 Å². The van der Waals surface area contributed by atoms with E-state index in [0.29, 0.717) is 29.5 Å². The van der Waals surface area contributed by atoms with Gasteiger partial charge in [-0.1, -0.05) is 29.8 Å². The Hall–Kier alpha value is -4.65. The third-order valence-electron chi connectivity index (χ3n) is 8.28. The number of hydrogen-bond acceptors (Lipinski definition) is 8. The van der Waals surface area contributed by atoms with Crippen LogP contribution in [0.2, 0.25) is 5.02 Å². The maximum atomic E-state index is 11.6. The first-order chi connectivity index (χ1) is 23.4. The number of rotatable bonds is 12. The molecular weight excluding hydrogens is 690 g/mol. The predicted octanol–water partition coefficient (Wildman–Crippen LogP) is 5.95. The van der Waals surface area contributed by atoms with E-state index in [1.165, 1.54) is 0 Å². The average molecular weight is 723 g/mol. The van der Waals surface area contributed by atoms with Crippen molar-refractivity contribution in [3.63, 3.8) is 0 Å². The fraction of sp³-hybridized carbons (Fsp3) is 0.235. The van der Waals surface area contributed by atoms with Crippen molar-refractivity contribution in [2.24, 2.45) is 0 Å². The van der Waals surface area contributed by atoms with Crippen LogP contribution in [0.4, 0.5) is 11.4 Å². The molecule has 254 valence electrons. The van der Waals surface area contributed by atoms with Crippen LogP contribution in [0.5, 0.6) is 0 Å². The second-order valence-corrected chi connectivity index (χ2v) is 15.0. The number of hydrogen-bond donors (Lipinski definition) is 2. The molecule has 12 nitrogen and oxygen atoms in total. The number of anilines is 2. The van der Waals surface area contributed by atoms with Crippen molar-refractivity contribution in [2.75, 3.05) is 34.4 Å². The summed E-state index contributed by atoms with van der Waals surface area (Å²) in [6.45, 7) is 2.94. The monoisotopic (exact) mass is 722 g/mol. The van der Waals surface area contributed by atoms with Gasteiger partial charge in [-0.3, -0.25) is 9.11 Å². The van der Waals surface area contributed by atoms with Gasteiger partial charge >= 0.3 is 5.89 Å². The van der Waals surface area contributed by atoms with E-state index in [1.54, 1.807) is 24.3 Å². The molecule has 15 heteroatoms. The second kappa shape index (κ2) is 13.7. The lowest BCUT2D eigenvalue weighted by atomic mass is 10.1. The Morgan fingerprint density at radius 3 is 2.43 bits per heavy atom. The largest absolute Gasteiger partial charge is 0.398 e. The molecule has 5 aromatic rings. The average Bonchev–Trinajstić information content (AvgIpc) is 3.71. The van der Waals surface area contributed by atoms with Crippen LogP contribution in [0.3, 0.4) is 0 Å². The Labute approximate surface area is 288 Å². The Morgan fingerprint density at radius 1 is 0.959 bits per heavy atom. The summed E-state index contributed by atoms with van der Waals surface area (Å²) < 4.78 is 75.0. The Kier molecular flexibility index (Phi) is 9.56. The molecule has 49 heavy (non-hydrogen) atoms. The van der Waals surface area contributed by atoms with Gasteiger partial charge in [0.05, 0.1) is 50.7 Å². The number of nitrogens with zero attached hydrogens (tertiary/aromatic N) is 5. The molecule has 3 heterocycles. The molecule has 0 unspecified atom stereocenters. The molecule has 3 aromatic carbocycles. The normalized spacial score (nSPS) is 14.5. The highest BCUT2D eigenvalue weighted by molar-refractivity contribution is 7.86. The fourth-order valence-electron chi connectivity index (χ4n) is 6.14. The topological polar surface area (TPSA) is 161 Å². The zero-order chi connectivity index (χ0) is 34.9. The molecule has 6 rings (SSSR count). The standard InChI is InChI=1S/C34H32ClN5O7S2/c1-2-37-30-22-27(35)25(23-36)20-29(30)39(15-6-18-48(41,42)43)33(37)10-5-11-34-40(16-7-19-49(44,45)46)31-21-26(12-13-32(31)47-34)38-17-14-24-8-3-4-9-28(24)38/h3-5,8-14,17,20-22H,2,6-7,15-16,18-19H2,1H3,(H-,41,42,43,44,45,46)/p+1. The summed E-state index contributed by atoms with van der Waals surface area (Å²) in [6.07, 6.45) is 7.58. The summed E-state index contributed by atoms with van der Waals surface area (Å²) in [4.78, 5) is 3.85. The summed E-state index contributed by atoms with van der Waals surface area (Å²) in [5.74, 6) is 0.266. The highest BCUT2D eigenvalue weighted by Gasteiger charge is 2.31. The van der Waals surface area contributed by atoms with Gasteiger partial charge in [-0.15, -0.1) is 0 Å². The number of para-hydroxylation sites is 1. The molecular formula is C34H33ClN5O7S2+. The fourth-order valence-corrected chi connectivity index (χ4v) is 7.33. The van der Waals surface area contributed by atoms with Gasteiger partial charge in [-0.2, -0.15) is 26.7 Å². The number of oxazole rings is 1. The lowest BCUT2D eigenvalue weighted by molar-refractivity contribution is -0.677. The smallest absolute Gasteiger partial charge is 0.374 e. The molecule has 0 spiro atoms. The van der Waals surface area contributed by atoms with Gasteiger partial charge < -0.3 is 18.8 Å². The van der Waals surface area contributed by atoms with Gasteiger partial charge in [0, 0.05) is 31.8 Å². The molecule has 1 aliphatic heterocycles. The SMILES string of the molecule is CCN1/C(=C\C=C\c2oc3ccc(-n4ccc5ccccc54)cc3[n+]2CCCS(=O)(=O)O)N(CCCS(=O)(=O)O)c2cc(C#N)c(Cl)cc21. The highest BCUT2D eigenvalue weighted by atomic mass is 35.5. The number of benzene rings is 3. The third-order valence-corrected chi connectivity index (χ3v) is 10.2. The van der Waals surface area contributed by atoms with Crippen molar-refractivity contribution in [3.05, 3.63) is 101 Å². The lowest BCUT2D eigenvalue weighted by Crippen LogP contribution is -2.36. The second-order valence-electron chi connectivity index (χ2n) is 11.5.